The molecule has 0 aliphatic carbocycles. The molecule has 0 radical (unpaired) electrons. The van der Waals surface area contributed by atoms with Gasteiger partial charge in [0.25, 0.3) is 0 Å². The molecular weight excluding hydrogens is 418 g/mol. The van der Waals surface area contributed by atoms with Crippen LogP contribution in [0.15, 0.2) is 48.5 Å². The SMILES string of the molecule is CCNC(=O)NC(Cc1ccccc1)C(=O)Nc1nnc(-c2ccc3c(c2)OCO3)s1. The molecule has 31 heavy (non-hydrogen) atoms. The van der Waals surface area contributed by atoms with E-state index in [0.717, 1.165) is 11.1 Å². The predicted molar refractivity (Wildman–Crippen MR) is 116 cm³/mol. The maximum absolute atomic E-state index is 12.9. The van der Waals surface area contributed by atoms with E-state index in [9.17, 15) is 9.59 Å². The van der Waals surface area contributed by atoms with Crippen molar-refractivity contribution < 1.29 is 19.1 Å². The minimum atomic E-state index is -0.771. The maximum Gasteiger partial charge on any atom is 0.315 e. The molecule has 1 aromatic heterocycles. The van der Waals surface area contributed by atoms with Gasteiger partial charge in [0.15, 0.2) is 11.5 Å². The van der Waals surface area contributed by atoms with Gasteiger partial charge in [-0.3, -0.25) is 10.1 Å². The molecule has 160 valence electrons. The minimum absolute atomic E-state index is 0.192. The summed E-state index contributed by atoms with van der Waals surface area (Å²) in [6.07, 6.45) is 0.345. The summed E-state index contributed by atoms with van der Waals surface area (Å²) in [6, 6.07) is 13.8. The Morgan fingerprint density at radius 1 is 1.10 bits per heavy atom. The quantitative estimate of drug-likeness (QED) is 0.522. The average Bonchev–Trinajstić information content (AvgIpc) is 3.43. The summed E-state index contributed by atoms with van der Waals surface area (Å²) in [5, 5.41) is 17.3. The Morgan fingerprint density at radius 3 is 2.71 bits per heavy atom. The number of hydrogen-bond acceptors (Lipinski definition) is 7. The number of carbonyl (C=O) groups excluding carboxylic acids is 2. The molecule has 1 atom stereocenters. The lowest BCUT2D eigenvalue weighted by atomic mass is 10.1. The van der Waals surface area contributed by atoms with Gasteiger partial charge in [-0.25, -0.2) is 4.79 Å². The Bertz CT molecular complexity index is 1070. The lowest BCUT2D eigenvalue weighted by Crippen LogP contribution is -2.49. The molecule has 3 aromatic rings. The van der Waals surface area contributed by atoms with Crippen molar-refractivity contribution in [2.75, 3.05) is 18.7 Å². The summed E-state index contributed by atoms with van der Waals surface area (Å²) in [6.45, 7) is 2.46. The van der Waals surface area contributed by atoms with E-state index in [2.05, 4.69) is 26.1 Å². The first-order chi connectivity index (χ1) is 15.1. The highest BCUT2D eigenvalue weighted by Crippen LogP contribution is 2.37. The van der Waals surface area contributed by atoms with E-state index in [1.807, 2.05) is 55.5 Å². The van der Waals surface area contributed by atoms with Gasteiger partial charge in [-0.05, 0) is 30.7 Å². The van der Waals surface area contributed by atoms with Crippen LogP contribution in [0.4, 0.5) is 9.93 Å². The lowest BCUT2D eigenvalue weighted by Gasteiger charge is -2.18. The molecule has 2 aromatic carbocycles. The smallest absolute Gasteiger partial charge is 0.315 e. The highest BCUT2D eigenvalue weighted by molar-refractivity contribution is 7.18. The van der Waals surface area contributed by atoms with Crippen LogP contribution in [0.1, 0.15) is 12.5 Å². The molecule has 1 unspecified atom stereocenters. The molecule has 2 heterocycles. The first-order valence-electron chi connectivity index (χ1n) is 9.75. The summed E-state index contributed by atoms with van der Waals surface area (Å²) in [4.78, 5) is 24.9. The Kier molecular flexibility index (Phi) is 6.27. The third-order valence-corrected chi connectivity index (χ3v) is 5.40. The number of anilines is 1. The van der Waals surface area contributed by atoms with E-state index in [-0.39, 0.29) is 12.7 Å². The fourth-order valence-corrected chi connectivity index (χ4v) is 3.78. The molecule has 1 aliphatic heterocycles. The van der Waals surface area contributed by atoms with E-state index in [4.69, 9.17) is 9.47 Å². The number of nitrogens with one attached hydrogen (secondary N) is 3. The number of carbonyl (C=O) groups is 2. The number of ether oxygens (including phenoxy) is 2. The Labute approximate surface area is 182 Å². The number of fused-ring (bicyclic) bond motifs is 1. The highest BCUT2D eigenvalue weighted by atomic mass is 32.1. The van der Waals surface area contributed by atoms with Crippen molar-refractivity contribution in [2.24, 2.45) is 0 Å². The fraction of sp³-hybridized carbons (Fsp3) is 0.238. The van der Waals surface area contributed by atoms with Gasteiger partial charge in [0.1, 0.15) is 11.0 Å². The number of amides is 3. The van der Waals surface area contributed by atoms with Gasteiger partial charge in [-0.15, -0.1) is 10.2 Å². The molecule has 10 heteroatoms. The Balaban J connectivity index is 1.47. The van der Waals surface area contributed by atoms with E-state index in [0.29, 0.717) is 34.6 Å². The van der Waals surface area contributed by atoms with Crippen molar-refractivity contribution in [1.82, 2.24) is 20.8 Å². The molecule has 0 saturated carbocycles. The summed E-state index contributed by atoms with van der Waals surface area (Å²) in [5.74, 6) is 0.956. The van der Waals surface area contributed by atoms with Crippen LogP contribution in [0.25, 0.3) is 10.6 Å². The molecular formula is C21H21N5O4S. The monoisotopic (exact) mass is 439 g/mol. The van der Waals surface area contributed by atoms with E-state index in [1.54, 1.807) is 0 Å². The first kappa shape index (κ1) is 20.6. The number of hydrogen-bond donors (Lipinski definition) is 3. The molecule has 3 amide bonds. The minimum Gasteiger partial charge on any atom is -0.454 e. The first-order valence-corrected chi connectivity index (χ1v) is 10.6. The van der Waals surface area contributed by atoms with Crippen molar-refractivity contribution in [1.29, 1.82) is 0 Å². The summed E-state index contributed by atoms with van der Waals surface area (Å²) >= 11 is 1.23. The van der Waals surface area contributed by atoms with E-state index in [1.165, 1.54) is 11.3 Å². The standard InChI is InChI=1S/C21H21N5O4S/c1-2-22-20(28)23-15(10-13-6-4-3-5-7-13)18(27)24-21-26-25-19(31-21)14-8-9-16-17(11-14)30-12-29-16/h3-9,11,15H,2,10,12H2,1H3,(H2,22,23,28)(H,24,26,27). The maximum atomic E-state index is 12.9. The van der Waals surface area contributed by atoms with Crippen LogP contribution >= 0.6 is 11.3 Å². The predicted octanol–water partition coefficient (Wildman–Crippen LogP) is 2.80. The summed E-state index contributed by atoms with van der Waals surface area (Å²) < 4.78 is 10.7. The third kappa shape index (κ3) is 5.10. The zero-order valence-electron chi connectivity index (χ0n) is 16.8. The van der Waals surface area contributed by atoms with Gasteiger partial charge < -0.3 is 20.1 Å². The van der Waals surface area contributed by atoms with E-state index >= 15 is 0 Å². The second kappa shape index (κ2) is 9.43. The van der Waals surface area contributed by atoms with Crippen LogP contribution < -0.4 is 25.4 Å². The van der Waals surface area contributed by atoms with Crippen LogP contribution in [-0.2, 0) is 11.2 Å². The lowest BCUT2D eigenvalue weighted by molar-refractivity contribution is -0.117. The molecule has 9 nitrogen and oxygen atoms in total. The molecule has 0 bridgehead atoms. The van der Waals surface area contributed by atoms with Crippen molar-refractivity contribution in [3.8, 4) is 22.1 Å². The van der Waals surface area contributed by atoms with Crippen LogP contribution in [0, 0.1) is 0 Å². The molecule has 0 spiro atoms. The number of aromatic nitrogens is 2. The largest absolute Gasteiger partial charge is 0.454 e. The van der Waals surface area contributed by atoms with Crippen LogP contribution in [0.2, 0.25) is 0 Å². The van der Waals surface area contributed by atoms with Crippen LogP contribution in [0.3, 0.4) is 0 Å². The van der Waals surface area contributed by atoms with Crippen LogP contribution in [-0.4, -0.2) is 41.5 Å². The van der Waals surface area contributed by atoms with E-state index < -0.39 is 12.1 Å². The van der Waals surface area contributed by atoms with Gasteiger partial charge in [0.2, 0.25) is 17.8 Å². The van der Waals surface area contributed by atoms with Crippen molar-refractivity contribution in [3.05, 3.63) is 54.1 Å². The van der Waals surface area contributed by atoms with Crippen molar-refractivity contribution in [2.45, 2.75) is 19.4 Å². The third-order valence-electron chi connectivity index (χ3n) is 4.52. The normalized spacial score (nSPS) is 12.8. The van der Waals surface area contributed by atoms with Crippen LogP contribution in [0.5, 0.6) is 11.5 Å². The zero-order valence-corrected chi connectivity index (χ0v) is 17.6. The van der Waals surface area contributed by atoms with Gasteiger partial charge in [-0.1, -0.05) is 41.7 Å². The number of benzene rings is 2. The molecule has 3 N–H and O–H groups in total. The van der Waals surface area contributed by atoms with Gasteiger partial charge in [0.05, 0.1) is 0 Å². The molecule has 0 fully saturated rings. The Morgan fingerprint density at radius 2 is 1.90 bits per heavy atom. The molecule has 1 aliphatic rings. The van der Waals surface area contributed by atoms with Gasteiger partial charge in [-0.2, -0.15) is 0 Å². The molecule has 4 rings (SSSR count). The zero-order chi connectivity index (χ0) is 21.6. The summed E-state index contributed by atoms with van der Waals surface area (Å²) in [7, 11) is 0. The van der Waals surface area contributed by atoms with Gasteiger partial charge in [0, 0.05) is 18.5 Å². The van der Waals surface area contributed by atoms with Gasteiger partial charge >= 0.3 is 6.03 Å². The van der Waals surface area contributed by atoms with Crippen molar-refractivity contribution >= 4 is 28.4 Å². The second-order valence-electron chi connectivity index (χ2n) is 6.72. The Hall–Kier alpha value is -3.66. The second-order valence-corrected chi connectivity index (χ2v) is 7.69. The van der Waals surface area contributed by atoms with Crippen molar-refractivity contribution in [3.63, 3.8) is 0 Å². The fourth-order valence-electron chi connectivity index (χ4n) is 3.04. The number of rotatable bonds is 7. The average molecular weight is 439 g/mol. The molecule has 0 saturated heterocycles. The highest BCUT2D eigenvalue weighted by Gasteiger charge is 2.23. The summed E-state index contributed by atoms with van der Waals surface area (Å²) in [5.41, 5.74) is 1.74. The number of urea groups is 1. The number of nitrogens with zero attached hydrogens (tertiary/aromatic N) is 2. The topological polar surface area (TPSA) is 114 Å².